The van der Waals surface area contributed by atoms with Crippen LogP contribution < -0.4 is 4.74 Å². The number of nitrogens with zero attached hydrogens (tertiary/aromatic N) is 3. The Morgan fingerprint density at radius 2 is 2.00 bits per heavy atom. The van der Waals surface area contributed by atoms with E-state index >= 15 is 0 Å². The molecule has 5 nitrogen and oxygen atoms in total. The molecule has 0 radical (unpaired) electrons. The summed E-state index contributed by atoms with van der Waals surface area (Å²) in [4.78, 5) is 11.9. The lowest BCUT2D eigenvalue weighted by Crippen LogP contribution is -1.91. The number of benzene rings is 1. The Bertz CT molecular complexity index is 938. The van der Waals surface area contributed by atoms with Gasteiger partial charge in [-0.3, -0.25) is 0 Å². The van der Waals surface area contributed by atoms with Crippen LogP contribution in [0.2, 0.25) is 0 Å². The van der Waals surface area contributed by atoms with Crippen LogP contribution in [-0.4, -0.2) is 26.6 Å². The average Bonchev–Trinajstić information content (AvgIpc) is 3.23. The first-order valence-corrected chi connectivity index (χ1v) is 6.96. The number of rotatable bonds is 3. The number of ether oxygens (including phenoxy) is 1. The van der Waals surface area contributed by atoms with Crippen LogP contribution in [-0.2, 0) is 0 Å². The number of nitrogens with one attached hydrogen (secondary N) is 1. The van der Waals surface area contributed by atoms with E-state index in [0.29, 0.717) is 0 Å². The van der Waals surface area contributed by atoms with E-state index < -0.39 is 0 Å². The Morgan fingerprint density at radius 1 is 1.09 bits per heavy atom. The molecule has 0 aliphatic rings. The normalized spacial score (nSPS) is 11.0. The third-order valence-corrected chi connectivity index (χ3v) is 3.68. The van der Waals surface area contributed by atoms with Crippen molar-refractivity contribution in [3.63, 3.8) is 0 Å². The molecule has 22 heavy (non-hydrogen) atoms. The largest absolute Gasteiger partial charge is 0.496 e. The van der Waals surface area contributed by atoms with Crippen LogP contribution in [0.25, 0.3) is 28.0 Å². The van der Waals surface area contributed by atoms with Crippen molar-refractivity contribution in [3.8, 4) is 22.7 Å². The third-order valence-electron chi connectivity index (χ3n) is 3.68. The molecule has 0 aliphatic heterocycles. The first-order valence-electron chi connectivity index (χ1n) is 6.96. The first kappa shape index (κ1) is 12.6. The molecular weight excluding hydrogens is 276 g/mol. The van der Waals surface area contributed by atoms with Crippen molar-refractivity contribution in [2.45, 2.75) is 0 Å². The number of hydrogen-bond acceptors (Lipinski definition) is 3. The fraction of sp³-hybridized carbons (Fsp3) is 0.0588. The summed E-state index contributed by atoms with van der Waals surface area (Å²) in [6, 6.07) is 11.9. The molecule has 0 aliphatic carbocycles. The van der Waals surface area contributed by atoms with Gasteiger partial charge in [0.2, 0.25) is 0 Å². The van der Waals surface area contributed by atoms with Crippen LogP contribution in [0.4, 0.5) is 0 Å². The Hall–Kier alpha value is -3.08. The van der Waals surface area contributed by atoms with Crippen molar-refractivity contribution in [1.82, 2.24) is 19.5 Å². The summed E-state index contributed by atoms with van der Waals surface area (Å²) in [5.41, 5.74) is 3.76. The second kappa shape index (κ2) is 5.04. The van der Waals surface area contributed by atoms with Gasteiger partial charge in [0.05, 0.1) is 24.8 Å². The molecule has 0 saturated heterocycles. The van der Waals surface area contributed by atoms with Gasteiger partial charge < -0.3 is 14.3 Å². The summed E-state index contributed by atoms with van der Waals surface area (Å²) in [5, 5.41) is 1.06. The van der Waals surface area contributed by atoms with Gasteiger partial charge in [-0.2, -0.15) is 0 Å². The van der Waals surface area contributed by atoms with Gasteiger partial charge in [0.1, 0.15) is 11.4 Å². The Kier molecular flexibility index (Phi) is 2.89. The standard InChI is InChI=1S/C17H14N4O/c1-22-16-5-3-2-4-12(16)14-10-21(11-20-14)15-7-9-19-17-13(15)6-8-18-17/h2-11H,1H3,(H,18,19). The third kappa shape index (κ3) is 1.95. The molecule has 4 rings (SSSR count). The van der Waals surface area contributed by atoms with E-state index in [1.54, 1.807) is 13.3 Å². The molecule has 1 aromatic carbocycles. The van der Waals surface area contributed by atoms with Gasteiger partial charge in [-0.15, -0.1) is 0 Å². The number of H-pyrrole nitrogens is 1. The summed E-state index contributed by atoms with van der Waals surface area (Å²) in [7, 11) is 1.67. The van der Waals surface area contributed by atoms with Crippen molar-refractivity contribution in [2.75, 3.05) is 7.11 Å². The number of imidazole rings is 1. The molecule has 0 atom stereocenters. The van der Waals surface area contributed by atoms with Crippen LogP contribution in [0.1, 0.15) is 0 Å². The lowest BCUT2D eigenvalue weighted by Gasteiger charge is -2.05. The van der Waals surface area contributed by atoms with E-state index in [2.05, 4.69) is 15.0 Å². The highest BCUT2D eigenvalue weighted by atomic mass is 16.5. The molecule has 0 fully saturated rings. The molecule has 0 unspecified atom stereocenters. The molecule has 0 bridgehead atoms. The second-order valence-corrected chi connectivity index (χ2v) is 4.94. The van der Waals surface area contributed by atoms with Gasteiger partial charge in [0.25, 0.3) is 0 Å². The van der Waals surface area contributed by atoms with Gasteiger partial charge in [0.15, 0.2) is 0 Å². The highest BCUT2D eigenvalue weighted by Crippen LogP contribution is 2.29. The number of pyridine rings is 1. The molecule has 0 saturated carbocycles. The van der Waals surface area contributed by atoms with Gasteiger partial charge in [-0.1, -0.05) is 12.1 Å². The number of aromatic amines is 1. The smallest absolute Gasteiger partial charge is 0.139 e. The highest BCUT2D eigenvalue weighted by Gasteiger charge is 2.10. The van der Waals surface area contributed by atoms with E-state index in [0.717, 1.165) is 33.7 Å². The summed E-state index contributed by atoms with van der Waals surface area (Å²) < 4.78 is 7.41. The van der Waals surface area contributed by atoms with Crippen molar-refractivity contribution in [1.29, 1.82) is 0 Å². The minimum Gasteiger partial charge on any atom is -0.496 e. The van der Waals surface area contributed by atoms with Crippen molar-refractivity contribution in [2.24, 2.45) is 0 Å². The first-order chi connectivity index (χ1) is 10.9. The zero-order valence-corrected chi connectivity index (χ0v) is 12.0. The minimum absolute atomic E-state index is 0.814. The molecule has 3 aromatic heterocycles. The van der Waals surface area contributed by atoms with E-state index in [4.69, 9.17) is 4.74 Å². The van der Waals surface area contributed by atoms with Crippen LogP contribution in [0.5, 0.6) is 5.75 Å². The summed E-state index contributed by atoms with van der Waals surface area (Å²) >= 11 is 0. The lowest BCUT2D eigenvalue weighted by molar-refractivity contribution is 0.416. The fourth-order valence-corrected chi connectivity index (χ4v) is 2.62. The second-order valence-electron chi connectivity index (χ2n) is 4.94. The van der Waals surface area contributed by atoms with Gasteiger partial charge in [0, 0.05) is 29.5 Å². The minimum atomic E-state index is 0.814. The quantitative estimate of drug-likeness (QED) is 0.629. The number of fused-ring (bicyclic) bond motifs is 1. The van der Waals surface area contributed by atoms with Crippen LogP contribution >= 0.6 is 0 Å². The lowest BCUT2D eigenvalue weighted by atomic mass is 10.1. The van der Waals surface area contributed by atoms with Crippen molar-refractivity contribution < 1.29 is 4.74 Å². The van der Waals surface area contributed by atoms with E-state index in [1.807, 2.05) is 59.7 Å². The number of methoxy groups -OCH3 is 1. The molecule has 108 valence electrons. The molecule has 0 amide bonds. The van der Waals surface area contributed by atoms with Gasteiger partial charge in [-0.05, 0) is 24.3 Å². The molecule has 1 N–H and O–H groups in total. The topological polar surface area (TPSA) is 55.7 Å². The number of hydrogen-bond donors (Lipinski definition) is 1. The predicted molar refractivity (Wildman–Crippen MR) is 85.2 cm³/mol. The van der Waals surface area contributed by atoms with Crippen molar-refractivity contribution >= 4 is 11.0 Å². The van der Waals surface area contributed by atoms with E-state index in [-0.39, 0.29) is 0 Å². The molecule has 4 aromatic rings. The molecule has 5 heteroatoms. The fourth-order valence-electron chi connectivity index (χ4n) is 2.62. The SMILES string of the molecule is COc1ccccc1-c1cn(-c2ccnc3[nH]ccc23)cn1. The van der Waals surface area contributed by atoms with Crippen LogP contribution in [0.3, 0.4) is 0 Å². The Balaban J connectivity index is 1.83. The maximum Gasteiger partial charge on any atom is 0.139 e. The van der Waals surface area contributed by atoms with Gasteiger partial charge >= 0.3 is 0 Å². The summed E-state index contributed by atoms with van der Waals surface area (Å²) in [6.45, 7) is 0. The van der Waals surface area contributed by atoms with E-state index in [9.17, 15) is 0 Å². The Morgan fingerprint density at radius 3 is 2.91 bits per heavy atom. The highest BCUT2D eigenvalue weighted by molar-refractivity contribution is 5.84. The summed E-state index contributed by atoms with van der Waals surface area (Å²) in [6.07, 6.45) is 7.49. The number of aromatic nitrogens is 4. The molecule has 0 spiro atoms. The number of para-hydroxylation sites is 1. The zero-order chi connectivity index (χ0) is 14.9. The predicted octanol–water partition coefficient (Wildman–Crippen LogP) is 3.42. The maximum atomic E-state index is 5.41. The van der Waals surface area contributed by atoms with Crippen molar-refractivity contribution in [3.05, 3.63) is 61.3 Å². The van der Waals surface area contributed by atoms with Gasteiger partial charge in [-0.25, -0.2) is 9.97 Å². The monoisotopic (exact) mass is 290 g/mol. The summed E-state index contributed by atoms with van der Waals surface area (Å²) in [5.74, 6) is 0.814. The van der Waals surface area contributed by atoms with Crippen LogP contribution in [0, 0.1) is 0 Å². The molecular formula is C17H14N4O. The van der Waals surface area contributed by atoms with Crippen LogP contribution in [0.15, 0.2) is 61.3 Å². The zero-order valence-electron chi connectivity index (χ0n) is 12.0. The Labute approximate surface area is 127 Å². The van der Waals surface area contributed by atoms with E-state index in [1.165, 1.54) is 0 Å². The maximum absolute atomic E-state index is 5.41. The molecule has 3 heterocycles. The average molecular weight is 290 g/mol.